The molecule has 0 aliphatic carbocycles. The van der Waals surface area contributed by atoms with Gasteiger partial charge in [-0.3, -0.25) is 4.90 Å². The first-order valence-electron chi connectivity index (χ1n) is 8.89. The molecule has 24 heavy (non-hydrogen) atoms. The highest BCUT2D eigenvalue weighted by Gasteiger charge is 2.50. The van der Waals surface area contributed by atoms with Gasteiger partial charge in [0, 0.05) is 58.7 Å². The number of piperidine rings is 1. The van der Waals surface area contributed by atoms with Crippen LogP contribution in [0, 0.1) is 0 Å². The smallest absolute Gasteiger partial charge is 0.415 e. The number of likely N-dealkylation sites (tertiary alicyclic amines) is 1. The van der Waals surface area contributed by atoms with E-state index in [1.807, 2.05) is 16.7 Å². The second kappa shape index (κ2) is 6.63. The van der Waals surface area contributed by atoms with E-state index in [9.17, 15) is 9.59 Å². The van der Waals surface area contributed by atoms with Crippen molar-refractivity contribution in [1.29, 1.82) is 0 Å². The Balaban J connectivity index is 1.59. The largest absolute Gasteiger partial charge is 0.436 e. The molecule has 0 aromatic rings. The van der Waals surface area contributed by atoms with Gasteiger partial charge in [-0.15, -0.1) is 0 Å². The Bertz CT molecular complexity index is 520. The van der Waals surface area contributed by atoms with Gasteiger partial charge in [-0.2, -0.15) is 0 Å². The fourth-order valence-electron chi connectivity index (χ4n) is 3.73. The van der Waals surface area contributed by atoms with Crippen LogP contribution in [0.3, 0.4) is 0 Å². The third kappa shape index (κ3) is 2.97. The predicted octanol–water partition coefficient (Wildman–Crippen LogP) is 1.56. The summed E-state index contributed by atoms with van der Waals surface area (Å²) in [7, 11) is 2.08. The molecule has 3 fully saturated rings. The number of piperazine rings is 1. The second-order valence-corrected chi connectivity index (χ2v) is 7.02. The standard InChI is InChI=1S/C17H28N4O3/c1-4-7-21-14(2)17(24-16(21)23)5-8-19(9-6-17)15(22)20-12-10-18(3)11-13-20/h2,4-13H2,1,3H3. The summed E-state index contributed by atoms with van der Waals surface area (Å²) in [5.74, 6) is 0. The van der Waals surface area contributed by atoms with Crippen molar-refractivity contribution < 1.29 is 14.3 Å². The van der Waals surface area contributed by atoms with Gasteiger partial charge in [-0.05, 0) is 13.5 Å². The molecule has 7 heteroatoms. The summed E-state index contributed by atoms with van der Waals surface area (Å²) in [4.78, 5) is 32.5. The van der Waals surface area contributed by atoms with E-state index in [0.717, 1.165) is 38.3 Å². The number of hydrogen-bond acceptors (Lipinski definition) is 4. The zero-order valence-corrected chi connectivity index (χ0v) is 14.8. The number of carbonyl (C=O) groups is 2. The van der Waals surface area contributed by atoms with Crippen LogP contribution < -0.4 is 0 Å². The maximum atomic E-state index is 12.7. The van der Waals surface area contributed by atoms with Gasteiger partial charge in [0.1, 0.15) is 0 Å². The highest BCUT2D eigenvalue weighted by Crippen LogP contribution is 2.40. The summed E-state index contributed by atoms with van der Waals surface area (Å²) in [6.45, 7) is 11.4. The number of ether oxygens (including phenoxy) is 1. The summed E-state index contributed by atoms with van der Waals surface area (Å²) >= 11 is 0. The minimum absolute atomic E-state index is 0.110. The predicted molar refractivity (Wildman–Crippen MR) is 90.6 cm³/mol. The molecule has 0 atom stereocenters. The van der Waals surface area contributed by atoms with Gasteiger partial charge in [-0.25, -0.2) is 9.59 Å². The van der Waals surface area contributed by atoms with Crippen molar-refractivity contribution in [3.8, 4) is 0 Å². The van der Waals surface area contributed by atoms with E-state index in [1.54, 1.807) is 4.90 Å². The van der Waals surface area contributed by atoms with Crippen molar-refractivity contribution in [2.45, 2.75) is 31.8 Å². The number of rotatable bonds is 2. The first kappa shape index (κ1) is 17.1. The lowest BCUT2D eigenvalue weighted by molar-refractivity contribution is 0.0178. The van der Waals surface area contributed by atoms with Gasteiger partial charge in [-0.1, -0.05) is 13.5 Å². The second-order valence-electron chi connectivity index (χ2n) is 7.02. The molecule has 0 unspecified atom stereocenters. The lowest BCUT2D eigenvalue weighted by Gasteiger charge is -2.41. The van der Waals surface area contributed by atoms with Crippen LogP contribution in [-0.4, -0.2) is 90.2 Å². The monoisotopic (exact) mass is 336 g/mol. The first-order valence-corrected chi connectivity index (χ1v) is 8.89. The number of hydrogen-bond donors (Lipinski definition) is 0. The van der Waals surface area contributed by atoms with E-state index in [0.29, 0.717) is 32.5 Å². The molecule has 0 aromatic carbocycles. The van der Waals surface area contributed by atoms with Crippen LogP contribution in [0.25, 0.3) is 0 Å². The Morgan fingerprint density at radius 3 is 2.29 bits per heavy atom. The SMILES string of the molecule is C=C1N(CCC)C(=O)OC12CCN(C(=O)N1CCN(C)CC1)CC2. The lowest BCUT2D eigenvalue weighted by atomic mass is 9.88. The minimum atomic E-state index is -0.606. The Morgan fingerprint density at radius 1 is 1.12 bits per heavy atom. The molecule has 3 heterocycles. The van der Waals surface area contributed by atoms with E-state index in [4.69, 9.17) is 4.74 Å². The van der Waals surface area contributed by atoms with E-state index in [1.165, 1.54) is 0 Å². The van der Waals surface area contributed by atoms with Crippen molar-refractivity contribution >= 4 is 12.1 Å². The van der Waals surface area contributed by atoms with Crippen LogP contribution in [0.1, 0.15) is 26.2 Å². The summed E-state index contributed by atoms with van der Waals surface area (Å²) in [6.07, 6.45) is 1.85. The lowest BCUT2D eigenvalue weighted by Crippen LogP contribution is -2.55. The fourth-order valence-corrected chi connectivity index (χ4v) is 3.73. The van der Waals surface area contributed by atoms with Crippen LogP contribution in [0.5, 0.6) is 0 Å². The number of urea groups is 1. The average Bonchev–Trinajstić information content (AvgIpc) is 2.80. The average molecular weight is 336 g/mol. The van der Waals surface area contributed by atoms with Gasteiger partial charge in [0.2, 0.25) is 0 Å². The molecular formula is C17H28N4O3. The van der Waals surface area contributed by atoms with Crippen LogP contribution >= 0.6 is 0 Å². The molecule has 3 saturated heterocycles. The molecule has 3 aliphatic heterocycles. The van der Waals surface area contributed by atoms with E-state index in [2.05, 4.69) is 18.5 Å². The van der Waals surface area contributed by atoms with Crippen molar-refractivity contribution in [3.05, 3.63) is 12.3 Å². The molecule has 7 nitrogen and oxygen atoms in total. The van der Waals surface area contributed by atoms with E-state index >= 15 is 0 Å². The molecule has 3 amide bonds. The normalized spacial score (nSPS) is 24.7. The summed E-state index contributed by atoms with van der Waals surface area (Å²) in [6, 6.07) is 0.110. The summed E-state index contributed by atoms with van der Waals surface area (Å²) in [5, 5.41) is 0. The molecular weight excluding hydrogens is 308 g/mol. The molecule has 1 spiro atoms. The maximum absolute atomic E-state index is 12.7. The molecule has 0 N–H and O–H groups in total. The molecule has 0 bridgehead atoms. The van der Waals surface area contributed by atoms with Crippen LogP contribution in [-0.2, 0) is 4.74 Å². The topological polar surface area (TPSA) is 56.3 Å². The number of nitrogens with zero attached hydrogens (tertiary/aromatic N) is 4. The number of likely N-dealkylation sites (N-methyl/N-ethyl adjacent to an activating group) is 1. The van der Waals surface area contributed by atoms with Crippen LogP contribution in [0.2, 0.25) is 0 Å². The molecule has 3 rings (SSSR count). The Kier molecular flexibility index (Phi) is 4.71. The molecule has 0 saturated carbocycles. The third-order valence-corrected chi connectivity index (χ3v) is 5.42. The molecule has 0 radical (unpaired) electrons. The highest BCUT2D eigenvalue weighted by atomic mass is 16.6. The maximum Gasteiger partial charge on any atom is 0.415 e. The third-order valence-electron chi connectivity index (χ3n) is 5.42. The van der Waals surface area contributed by atoms with Crippen molar-refractivity contribution in [2.75, 3.05) is 52.9 Å². The highest BCUT2D eigenvalue weighted by molar-refractivity contribution is 5.76. The number of carbonyl (C=O) groups excluding carboxylic acids is 2. The van der Waals surface area contributed by atoms with E-state index in [-0.39, 0.29) is 12.1 Å². The van der Waals surface area contributed by atoms with Gasteiger partial charge >= 0.3 is 12.1 Å². The van der Waals surface area contributed by atoms with Gasteiger partial charge in [0.05, 0.1) is 5.70 Å². The first-order chi connectivity index (χ1) is 11.5. The van der Waals surface area contributed by atoms with Crippen LogP contribution in [0.15, 0.2) is 12.3 Å². The summed E-state index contributed by atoms with van der Waals surface area (Å²) in [5.41, 5.74) is 0.159. The fraction of sp³-hybridized carbons (Fsp3) is 0.765. The van der Waals surface area contributed by atoms with Gasteiger partial charge < -0.3 is 19.4 Å². The van der Waals surface area contributed by atoms with Gasteiger partial charge in [0.25, 0.3) is 0 Å². The van der Waals surface area contributed by atoms with Crippen molar-refractivity contribution in [1.82, 2.24) is 19.6 Å². The zero-order valence-electron chi connectivity index (χ0n) is 14.8. The Hall–Kier alpha value is -1.76. The summed E-state index contributed by atoms with van der Waals surface area (Å²) < 4.78 is 5.68. The quantitative estimate of drug-likeness (QED) is 0.768. The minimum Gasteiger partial charge on any atom is -0.436 e. The van der Waals surface area contributed by atoms with Gasteiger partial charge in [0.15, 0.2) is 5.60 Å². The van der Waals surface area contributed by atoms with Crippen LogP contribution in [0.4, 0.5) is 9.59 Å². The zero-order chi connectivity index (χ0) is 17.3. The number of amides is 3. The van der Waals surface area contributed by atoms with Crippen molar-refractivity contribution in [3.63, 3.8) is 0 Å². The Morgan fingerprint density at radius 2 is 1.71 bits per heavy atom. The molecule has 3 aliphatic rings. The Labute approximate surface area is 143 Å². The van der Waals surface area contributed by atoms with E-state index < -0.39 is 5.60 Å². The van der Waals surface area contributed by atoms with Crippen molar-refractivity contribution in [2.24, 2.45) is 0 Å². The molecule has 0 aromatic heterocycles. The molecule has 134 valence electrons.